The summed E-state index contributed by atoms with van der Waals surface area (Å²) in [5.41, 5.74) is 0.978. The number of ether oxygens (including phenoxy) is 2. The number of amides is 1. The molecule has 2 fully saturated rings. The molecule has 1 amide bonds. The zero-order valence-electron chi connectivity index (χ0n) is 11.7. The predicted octanol–water partition coefficient (Wildman–Crippen LogP) is 1.89. The van der Waals surface area contributed by atoms with Crippen LogP contribution in [0.3, 0.4) is 0 Å². The van der Waals surface area contributed by atoms with E-state index in [-0.39, 0.29) is 30.4 Å². The summed E-state index contributed by atoms with van der Waals surface area (Å²) in [7, 11) is 0. The van der Waals surface area contributed by atoms with E-state index in [1.54, 1.807) is 4.90 Å². The molecule has 110 valence electrons. The van der Waals surface area contributed by atoms with Crippen LogP contribution in [-0.4, -0.2) is 29.4 Å². The second-order valence-electron chi connectivity index (χ2n) is 5.98. The van der Waals surface area contributed by atoms with Gasteiger partial charge >= 0.3 is 0 Å². The lowest BCUT2D eigenvalue weighted by Crippen LogP contribution is -2.42. The van der Waals surface area contributed by atoms with Crippen LogP contribution in [0.5, 0.6) is 11.5 Å². The number of rotatable bonds is 2. The second-order valence-corrected chi connectivity index (χ2v) is 5.98. The van der Waals surface area contributed by atoms with Crippen LogP contribution < -0.4 is 9.47 Å². The lowest BCUT2D eigenvalue weighted by atomic mass is 9.84. The first-order valence-electron chi connectivity index (χ1n) is 7.43. The number of fused-ring (bicyclic) bond motifs is 2. The summed E-state index contributed by atoms with van der Waals surface area (Å²) in [6, 6.07) is 5.48. The molecule has 2 atom stereocenters. The van der Waals surface area contributed by atoms with Crippen molar-refractivity contribution >= 4 is 11.7 Å². The van der Waals surface area contributed by atoms with Crippen molar-refractivity contribution in [2.75, 3.05) is 6.79 Å². The van der Waals surface area contributed by atoms with Crippen LogP contribution in [0, 0.1) is 5.92 Å². The molecule has 5 nitrogen and oxygen atoms in total. The zero-order valence-corrected chi connectivity index (χ0v) is 11.7. The minimum absolute atomic E-state index is 0.0953. The van der Waals surface area contributed by atoms with Gasteiger partial charge in [0.2, 0.25) is 12.7 Å². The van der Waals surface area contributed by atoms with Crippen molar-refractivity contribution in [3.8, 4) is 11.5 Å². The van der Waals surface area contributed by atoms with Crippen molar-refractivity contribution in [1.82, 2.24) is 4.90 Å². The van der Waals surface area contributed by atoms with Gasteiger partial charge in [-0.15, -0.1) is 0 Å². The van der Waals surface area contributed by atoms with Crippen molar-refractivity contribution in [2.24, 2.45) is 5.92 Å². The number of hydrogen-bond acceptors (Lipinski definition) is 4. The standard InChI is InChI=1S/C16H17NO4/c18-12-3-1-2-11-7-15(19)17(16(11)12)8-10-4-5-13-14(6-10)21-9-20-13/h4-6,11,16H,1-3,7-9H2/t11-,16-/m1/s1. The number of hydrogen-bond donors (Lipinski definition) is 0. The molecule has 5 heteroatoms. The van der Waals surface area contributed by atoms with Crippen LogP contribution in [0.1, 0.15) is 31.2 Å². The molecule has 0 unspecified atom stereocenters. The maximum atomic E-state index is 12.2. The number of benzene rings is 1. The van der Waals surface area contributed by atoms with Crippen molar-refractivity contribution in [1.29, 1.82) is 0 Å². The Bertz CT molecular complexity index is 612. The molecule has 1 saturated heterocycles. The molecule has 1 saturated carbocycles. The van der Waals surface area contributed by atoms with Crippen LogP contribution in [0.4, 0.5) is 0 Å². The molecule has 1 aromatic carbocycles. The normalized spacial score (nSPS) is 27.1. The number of ketones is 1. The largest absolute Gasteiger partial charge is 0.454 e. The van der Waals surface area contributed by atoms with Gasteiger partial charge in [0.1, 0.15) is 0 Å². The van der Waals surface area contributed by atoms with Gasteiger partial charge in [0, 0.05) is 19.4 Å². The molecule has 3 aliphatic rings. The highest BCUT2D eigenvalue weighted by Crippen LogP contribution is 2.37. The van der Waals surface area contributed by atoms with E-state index in [0.29, 0.717) is 25.1 Å². The third kappa shape index (κ3) is 2.07. The molecule has 1 aromatic rings. The quantitative estimate of drug-likeness (QED) is 0.833. The van der Waals surface area contributed by atoms with E-state index in [0.717, 1.165) is 24.2 Å². The lowest BCUT2D eigenvalue weighted by Gasteiger charge is -2.30. The topological polar surface area (TPSA) is 55.8 Å². The van der Waals surface area contributed by atoms with Crippen molar-refractivity contribution in [3.63, 3.8) is 0 Å². The third-order valence-corrected chi connectivity index (χ3v) is 4.66. The molecular formula is C16H17NO4. The van der Waals surface area contributed by atoms with Gasteiger partial charge in [0.15, 0.2) is 17.3 Å². The summed E-state index contributed by atoms with van der Waals surface area (Å²) in [6.07, 6.45) is 3.03. The fourth-order valence-corrected chi connectivity index (χ4v) is 3.67. The molecule has 0 N–H and O–H groups in total. The van der Waals surface area contributed by atoms with Crippen LogP contribution in [-0.2, 0) is 16.1 Å². The van der Waals surface area contributed by atoms with E-state index >= 15 is 0 Å². The molecule has 2 heterocycles. The van der Waals surface area contributed by atoms with E-state index in [1.165, 1.54) is 0 Å². The van der Waals surface area contributed by atoms with E-state index in [4.69, 9.17) is 9.47 Å². The SMILES string of the molecule is O=C1CCC[C@@H]2CC(=O)N(Cc3ccc4c(c3)OCO4)[C@@H]12. The van der Waals surface area contributed by atoms with Crippen molar-refractivity contribution in [3.05, 3.63) is 23.8 Å². The van der Waals surface area contributed by atoms with Crippen LogP contribution >= 0.6 is 0 Å². The Morgan fingerprint density at radius 1 is 1.19 bits per heavy atom. The molecule has 4 rings (SSSR count). The Morgan fingerprint density at radius 3 is 2.95 bits per heavy atom. The fraction of sp³-hybridized carbons (Fsp3) is 0.500. The van der Waals surface area contributed by atoms with Gasteiger partial charge in [0.05, 0.1) is 6.04 Å². The minimum Gasteiger partial charge on any atom is -0.454 e. The molecule has 0 bridgehead atoms. The molecule has 1 aliphatic carbocycles. The third-order valence-electron chi connectivity index (χ3n) is 4.66. The van der Waals surface area contributed by atoms with E-state index in [2.05, 4.69) is 0 Å². The number of carbonyl (C=O) groups excluding carboxylic acids is 2. The summed E-state index contributed by atoms with van der Waals surface area (Å²) in [5.74, 6) is 1.98. The number of Topliss-reactive ketones (excluding diaryl/α,β-unsaturated/α-hetero) is 1. The van der Waals surface area contributed by atoms with Crippen molar-refractivity contribution in [2.45, 2.75) is 38.3 Å². The fourth-order valence-electron chi connectivity index (χ4n) is 3.67. The summed E-state index contributed by atoms with van der Waals surface area (Å²) in [4.78, 5) is 26.2. The highest BCUT2D eigenvalue weighted by molar-refractivity contribution is 5.93. The zero-order chi connectivity index (χ0) is 14.4. The first-order chi connectivity index (χ1) is 10.2. The maximum absolute atomic E-state index is 12.2. The summed E-state index contributed by atoms with van der Waals surface area (Å²) in [5, 5.41) is 0. The molecule has 21 heavy (non-hydrogen) atoms. The van der Waals surface area contributed by atoms with E-state index < -0.39 is 0 Å². The molecule has 0 radical (unpaired) electrons. The van der Waals surface area contributed by atoms with Crippen molar-refractivity contribution < 1.29 is 19.1 Å². The van der Waals surface area contributed by atoms with Gasteiger partial charge < -0.3 is 14.4 Å². The summed E-state index contributed by atoms with van der Waals surface area (Å²) >= 11 is 0. The molecular weight excluding hydrogens is 270 g/mol. The van der Waals surface area contributed by atoms with Gasteiger partial charge in [-0.1, -0.05) is 6.07 Å². The lowest BCUT2D eigenvalue weighted by molar-refractivity contribution is -0.135. The number of nitrogens with zero attached hydrogens (tertiary/aromatic N) is 1. The highest BCUT2D eigenvalue weighted by atomic mass is 16.7. The minimum atomic E-state index is -0.211. The average Bonchev–Trinajstić information content (AvgIpc) is 3.04. The first kappa shape index (κ1) is 12.7. The molecule has 0 spiro atoms. The van der Waals surface area contributed by atoms with Gasteiger partial charge in [-0.3, -0.25) is 9.59 Å². The second kappa shape index (κ2) is 4.76. The van der Waals surface area contributed by atoms with E-state index in [1.807, 2.05) is 18.2 Å². The first-order valence-corrected chi connectivity index (χ1v) is 7.43. The van der Waals surface area contributed by atoms with Gasteiger partial charge in [-0.25, -0.2) is 0 Å². The van der Waals surface area contributed by atoms with Gasteiger partial charge in [-0.05, 0) is 36.5 Å². The van der Waals surface area contributed by atoms with Gasteiger partial charge in [-0.2, -0.15) is 0 Å². The number of likely N-dealkylation sites (tertiary alicyclic amines) is 1. The molecule has 2 aliphatic heterocycles. The van der Waals surface area contributed by atoms with Crippen LogP contribution in [0.2, 0.25) is 0 Å². The monoisotopic (exact) mass is 287 g/mol. The Morgan fingerprint density at radius 2 is 2.05 bits per heavy atom. The smallest absolute Gasteiger partial charge is 0.231 e. The molecule has 0 aromatic heterocycles. The maximum Gasteiger partial charge on any atom is 0.231 e. The summed E-state index contributed by atoms with van der Waals surface area (Å²) in [6.45, 7) is 0.715. The Kier molecular flexibility index (Phi) is 2.87. The predicted molar refractivity (Wildman–Crippen MR) is 73.9 cm³/mol. The highest BCUT2D eigenvalue weighted by Gasteiger charge is 2.45. The summed E-state index contributed by atoms with van der Waals surface area (Å²) < 4.78 is 10.7. The van der Waals surface area contributed by atoms with Crippen LogP contribution in [0.15, 0.2) is 18.2 Å². The average molecular weight is 287 g/mol. The Labute approximate surface area is 122 Å². The van der Waals surface area contributed by atoms with Gasteiger partial charge in [0.25, 0.3) is 0 Å². The Hall–Kier alpha value is -2.04. The number of carbonyl (C=O) groups is 2. The van der Waals surface area contributed by atoms with E-state index in [9.17, 15) is 9.59 Å². The Balaban J connectivity index is 1.58. The van der Waals surface area contributed by atoms with Crippen LogP contribution in [0.25, 0.3) is 0 Å².